The Balaban J connectivity index is 3.05. The first-order valence-corrected chi connectivity index (χ1v) is 6.83. The number of esters is 1. The highest BCUT2D eigenvalue weighted by molar-refractivity contribution is 6.31. The monoisotopic (exact) mass is 284 g/mol. The Morgan fingerprint density at radius 3 is 2.42 bits per heavy atom. The molecule has 1 rings (SSSR count). The number of hydrogen-bond donors (Lipinski definition) is 0. The van der Waals surface area contributed by atoms with Crippen LogP contribution in [0.15, 0.2) is 12.1 Å². The predicted octanol–water partition coefficient (Wildman–Crippen LogP) is 4.25. The number of aryl methyl sites for hydroxylation is 1. The average Bonchev–Trinajstić information content (AvgIpc) is 2.29. The van der Waals surface area contributed by atoms with Crippen molar-refractivity contribution in [1.29, 1.82) is 0 Å². The molecule has 106 valence electrons. The summed E-state index contributed by atoms with van der Waals surface area (Å²) in [5, 5.41) is 0.535. The molecule has 0 heterocycles. The lowest BCUT2D eigenvalue weighted by atomic mass is 10.1. The summed E-state index contributed by atoms with van der Waals surface area (Å²) in [5.74, 6) is 0.502. The Hall–Kier alpha value is -1.22. The van der Waals surface area contributed by atoms with Crippen molar-refractivity contribution in [2.75, 3.05) is 6.61 Å². The maximum atomic E-state index is 12.0. The van der Waals surface area contributed by atoms with Crippen LogP contribution in [-0.2, 0) is 4.74 Å². The van der Waals surface area contributed by atoms with Gasteiger partial charge in [-0.15, -0.1) is 0 Å². The van der Waals surface area contributed by atoms with Gasteiger partial charge in [-0.05, 0) is 44.4 Å². The molecule has 1 aromatic carbocycles. The summed E-state index contributed by atoms with van der Waals surface area (Å²) in [4.78, 5) is 12.0. The molecular weight excluding hydrogens is 264 g/mol. The molecular formula is C15H21ClO3. The van der Waals surface area contributed by atoms with Crippen LogP contribution >= 0.6 is 11.6 Å². The van der Waals surface area contributed by atoms with Gasteiger partial charge >= 0.3 is 5.97 Å². The fourth-order valence-corrected chi connectivity index (χ4v) is 1.63. The van der Waals surface area contributed by atoms with Crippen molar-refractivity contribution in [3.63, 3.8) is 0 Å². The molecule has 1 aromatic rings. The highest BCUT2D eigenvalue weighted by Crippen LogP contribution is 2.28. The van der Waals surface area contributed by atoms with Gasteiger partial charge in [0.25, 0.3) is 0 Å². The van der Waals surface area contributed by atoms with E-state index in [-0.39, 0.29) is 6.10 Å². The zero-order chi connectivity index (χ0) is 14.6. The molecule has 0 spiro atoms. The number of benzene rings is 1. The summed E-state index contributed by atoms with van der Waals surface area (Å²) >= 11 is 6.07. The first-order valence-electron chi connectivity index (χ1n) is 6.45. The van der Waals surface area contributed by atoms with E-state index in [1.54, 1.807) is 12.1 Å². The summed E-state index contributed by atoms with van der Waals surface area (Å²) in [5.41, 5.74) is 1.26. The molecule has 0 amide bonds. The van der Waals surface area contributed by atoms with E-state index in [0.29, 0.717) is 28.9 Å². The van der Waals surface area contributed by atoms with Crippen LogP contribution in [0.4, 0.5) is 0 Å². The topological polar surface area (TPSA) is 35.5 Å². The first-order chi connectivity index (χ1) is 8.81. The van der Waals surface area contributed by atoms with Gasteiger partial charge in [0.15, 0.2) is 0 Å². The Morgan fingerprint density at radius 1 is 1.26 bits per heavy atom. The van der Waals surface area contributed by atoms with E-state index in [9.17, 15) is 4.79 Å². The second-order valence-corrected chi connectivity index (χ2v) is 5.66. The van der Waals surface area contributed by atoms with Crippen molar-refractivity contribution in [3.05, 3.63) is 28.3 Å². The van der Waals surface area contributed by atoms with Gasteiger partial charge in [-0.2, -0.15) is 0 Å². The molecule has 0 saturated carbocycles. The minimum Gasteiger partial charge on any atom is -0.492 e. The maximum Gasteiger partial charge on any atom is 0.342 e. The zero-order valence-corrected chi connectivity index (χ0v) is 12.9. The van der Waals surface area contributed by atoms with E-state index in [0.717, 1.165) is 5.56 Å². The van der Waals surface area contributed by atoms with Crippen molar-refractivity contribution < 1.29 is 14.3 Å². The van der Waals surface area contributed by atoms with E-state index < -0.39 is 5.97 Å². The normalized spacial score (nSPS) is 10.9. The molecule has 0 atom stereocenters. The summed E-state index contributed by atoms with van der Waals surface area (Å²) in [7, 11) is 0. The number of rotatable bonds is 5. The quantitative estimate of drug-likeness (QED) is 0.758. The van der Waals surface area contributed by atoms with Crippen LogP contribution in [0.2, 0.25) is 5.02 Å². The van der Waals surface area contributed by atoms with E-state index in [4.69, 9.17) is 21.1 Å². The van der Waals surface area contributed by atoms with Crippen LogP contribution in [0, 0.1) is 12.8 Å². The van der Waals surface area contributed by atoms with Gasteiger partial charge in [-0.25, -0.2) is 4.79 Å². The third-order valence-electron chi connectivity index (χ3n) is 2.40. The van der Waals surface area contributed by atoms with Crippen LogP contribution in [0.25, 0.3) is 0 Å². The number of halogens is 1. The highest BCUT2D eigenvalue weighted by Gasteiger charge is 2.18. The lowest BCUT2D eigenvalue weighted by Gasteiger charge is -2.15. The summed E-state index contributed by atoms with van der Waals surface area (Å²) in [6, 6.07) is 3.39. The standard InChI is InChI=1S/C15H21ClO3/c1-9(2)8-18-14-6-11(5)13(16)7-12(14)15(17)19-10(3)4/h6-7,9-10H,8H2,1-5H3. The Labute approximate surface area is 119 Å². The molecule has 0 saturated heterocycles. The SMILES string of the molecule is Cc1cc(OCC(C)C)c(C(=O)OC(C)C)cc1Cl. The molecule has 0 unspecified atom stereocenters. The van der Waals surface area contributed by atoms with Gasteiger partial charge in [0.05, 0.1) is 12.7 Å². The van der Waals surface area contributed by atoms with Crippen molar-refractivity contribution in [1.82, 2.24) is 0 Å². The molecule has 0 aromatic heterocycles. The fraction of sp³-hybridized carbons (Fsp3) is 0.533. The molecule has 0 aliphatic rings. The van der Waals surface area contributed by atoms with E-state index in [1.807, 2.05) is 20.8 Å². The fourth-order valence-electron chi connectivity index (χ4n) is 1.47. The Kier molecular flexibility index (Phi) is 5.67. The number of carbonyl (C=O) groups excluding carboxylic acids is 1. The lowest BCUT2D eigenvalue weighted by molar-refractivity contribution is 0.0373. The van der Waals surface area contributed by atoms with Gasteiger partial charge in [0.1, 0.15) is 11.3 Å². The lowest BCUT2D eigenvalue weighted by Crippen LogP contribution is -2.14. The molecule has 0 N–H and O–H groups in total. The number of hydrogen-bond acceptors (Lipinski definition) is 3. The van der Waals surface area contributed by atoms with Gasteiger partial charge in [-0.1, -0.05) is 25.4 Å². The Bertz CT molecular complexity index is 453. The third kappa shape index (κ3) is 4.75. The second kappa shape index (κ2) is 6.80. The van der Waals surface area contributed by atoms with Crippen molar-refractivity contribution in [2.24, 2.45) is 5.92 Å². The molecule has 0 bridgehead atoms. The van der Waals surface area contributed by atoms with Gasteiger partial charge < -0.3 is 9.47 Å². The van der Waals surface area contributed by atoms with E-state index in [2.05, 4.69) is 13.8 Å². The first kappa shape index (κ1) is 15.8. The minimum absolute atomic E-state index is 0.175. The molecule has 0 aliphatic carbocycles. The molecule has 0 radical (unpaired) electrons. The summed E-state index contributed by atoms with van der Waals surface area (Å²) in [6.07, 6.45) is -0.175. The molecule has 19 heavy (non-hydrogen) atoms. The molecule has 0 fully saturated rings. The van der Waals surface area contributed by atoms with Gasteiger partial charge in [0.2, 0.25) is 0 Å². The minimum atomic E-state index is -0.407. The summed E-state index contributed by atoms with van der Waals surface area (Å²) < 4.78 is 10.9. The van der Waals surface area contributed by atoms with Crippen molar-refractivity contribution in [3.8, 4) is 5.75 Å². The van der Waals surface area contributed by atoms with Crippen molar-refractivity contribution >= 4 is 17.6 Å². The molecule has 3 nitrogen and oxygen atoms in total. The Morgan fingerprint density at radius 2 is 1.89 bits per heavy atom. The van der Waals surface area contributed by atoms with Crippen LogP contribution in [0.5, 0.6) is 5.75 Å². The summed E-state index contributed by atoms with van der Waals surface area (Å²) in [6.45, 7) is 10.1. The predicted molar refractivity (Wildman–Crippen MR) is 77.1 cm³/mol. The zero-order valence-electron chi connectivity index (χ0n) is 12.1. The molecule has 0 aliphatic heterocycles. The third-order valence-corrected chi connectivity index (χ3v) is 2.80. The number of carbonyl (C=O) groups is 1. The van der Waals surface area contributed by atoms with E-state index in [1.165, 1.54) is 0 Å². The molecule has 4 heteroatoms. The maximum absolute atomic E-state index is 12.0. The average molecular weight is 285 g/mol. The highest BCUT2D eigenvalue weighted by atomic mass is 35.5. The van der Waals surface area contributed by atoms with Crippen LogP contribution in [0.3, 0.4) is 0 Å². The van der Waals surface area contributed by atoms with Gasteiger partial charge in [-0.3, -0.25) is 0 Å². The van der Waals surface area contributed by atoms with E-state index >= 15 is 0 Å². The van der Waals surface area contributed by atoms with Gasteiger partial charge in [0, 0.05) is 5.02 Å². The smallest absolute Gasteiger partial charge is 0.342 e. The van der Waals surface area contributed by atoms with Crippen LogP contribution in [-0.4, -0.2) is 18.7 Å². The van der Waals surface area contributed by atoms with Crippen LogP contribution < -0.4 is 4.74 Å². The van der Waals surface area contributed by atoms with Crippen LogP contribution in [0.1, 0.15) is 43.6 Å². The number of ether oxygens (including phenoxy) is 2. The second-order valence-electron chi connectivity index (χ2n) is 5.26. The van der Waals surface area contributed by atoms with Crippen molar-refractivity contribution in [2.45, 2.75) is 40.7 Å². The largest absolute Gasteiger partial charge is 0.492 e.